The van der Waals surface area contributed by atoms with Crippen LogP contribution >= 0.6 is 0 Å². The van der Waals surface area contributed by atoms with Crippen LogP contribution in [0.4, 0.5) is 0 Å². The molecule has 1 aromatic heterocycles. The number of hydrogen-bond acceptors (Lipinski definition) is 4. The van der Waals surface area contributed by atoms with E-state index < -0.39 is 11.7 Å². The zero-order chi connectivity index (χ0) is 11.6. The molecule has 1 rings (SSSR count). The van der Waals surface area contributed by atoms with Crippen molar-refractivity contribution in [3.8, 4) is 5.75 Å². The number of methoxy groups -OCH3 is 1. The number of aliphatic hydroxyl groups excluding tert-OH is 1. The maximum absolute atomic E-state index is 9.98. The Morgan fingerprint density at radius 2 is 2.20 bits per heavy atom. The number of rotatable bonds is 4. The maximum Gasteiger partial charge on any atom is 0.162 e. The van der Waals surface area contributed by atoms with E-state index in [0.29, 0.717) is 18.0 Å². The number of aromatic nitrogens is 2. The summed E-state index contributed by atoms with van der Waals surface area (Å²) in [5.74, 6) is 0.492. The van der Waals surface area contributed by atoms with Crippen molar-refractivity contribution in [2.24, 2.45) is 0 Å². The van der Waals surface area contributed by atoms with Crippen LogP contribution < -0.4 is 4.74 Å². The Balaban J connectivity index is 3.15. The summed E-state index contributed by atoms with van der Waals surface area (Å²) in [5, 5.41) is 23.8. The largest absolute Gasteiger partial charge is 0.493 e. The van der Waals surface area contributed by atoms with Gasteiger partial charge in [0.1, 0.15) is 11.8 Å². The summed E-state index contributed by atoms with van der Waals surface area (Å²) >= 11 is 0. The van der Waals surface area contributed by atoms with Gasteiger partial charge in [0.25, 0.3) is 0 Å². The molecule has 0 aromatic carbocycles. The third kappa shape index (κ3) is 2.30. The van der Waals surface area contributed by atoms with Gasteiger partial charge in [-0.3, -0.25) is 4.68 Å². The number of nitrogens with zero attached hydrogens (tertiary/aromatic N) is 2. The lowest BCUT2D eigenvalue weighted by molar-refractivity contribution is -0.0546. The van der Waals surface area contributed by atoms with Crippen molar-refractivity contribution in [2.45, 2.75) is 39.0 Å². The standard InChI is InChI=1S/C10H18N2O3/c1-5-12-8(7(15-4)6-11-12)9(13)10(2,3)14/h6,9,13-14H,5H2,1-4H3. The van der Waals surface area contributed by atoms with E-state index >= 15 is 0 Å². The average Bonchev–Trinajstić information content (AvgIpc) is 2.57. The molecule has 15 heavy (non-hydrogen) atoms. The first-order chi connectivity index (χ1) is 6.91. The number of aliphatic hydroxyl groups is 2. The highest BCUT2D eigenvalue weighted by Gasteiger charge is 2.31. The predicted molar refractivity (Wildman–Crippen MR) is 55.7 cm³/mol. The molecule has 0 bridgehead atoms. The topological polar surface area (TPSA) is 67.5 Å². The fraction of sp³-hybridized carbons (Fsp3) is 0.700. The molecule has 1 unspecified atom stereocenters. The fourth-order valence-electron chi connectivity index (χ4n) is 1.40. The Bertz CT molecular complexity index is 306. The van der Waals surface area contributed by atoms with Gasteiger partial charge in [-0.15, -0.1) is 0 Å². The minimum Gasteiger partial charge on any atom is -0.493 e. The SMILES string of the molecule is CCn1ncc(OC)c1C(O)C(C)(C)O. The third-order valence-electron chi connectivity index (χ3n) is 2.29. The summed E-state index contributed by atoms with van der Waals surface area (Å²) in [6.07, 6.45) is 0.517. The molecule has 0 fully saturated rings. The summed E-state index contributed by atoms with van der Waals surface area (Å²) in [6, 6.07) is 0. The second-order valence-electron chi connectivity index (χ2n) is 3.97. The maximum atomic E-state index is 9.98. The third-order valence-corrected chi connectivity index (χ3v) is 2.29. The van der Waals surface area contributed by atoms with Gasteiger partial charge in [-0.05, 0) is 20.8 Å². The Morgan fingerprint density at radius 1 is 1.60 bits per heavy atom. The van der Waals surface area contributed by atoms with E-state index in [1.165, 1.54) is 13.3 Å². The van der Waals surface area contributed by atoms with Gasteiger partial charge >= 0.3 is 0 Å². The van der Waals surface area contributed by atoms with Crippen molar-refractivity contribution in [2.75, 3.05) is 7.11 Å². The van der Waals surface area contributed by atoms with Crippen molar-refractivity contribution in [3.05, 3.63) is 11.9 Å². The molecule has 5 heteroatoms. The molecule has 86 valence electrons. The Morgan fingerprint density at radius 3 is 2.60 bits per heavy atom. The van der Waals surface area contributed by atoms with Crippen molar-refractivity contribution >= 4 is 0 Å². The molecule has 0 aliphatic carbocycles. The monoisotopic (exact) mass is 214 g/mol. The lowest BCUT2D eigenvalue weighted by Crippen LogP contribution is -2.30. The lowest BCUT2D eigenvalue weighted by atomic mass is 9.98. The molecule has 1 atom stereocenters. The van der Waals surface area contributed by atoms with Crippen LogP contribution in [-0.2, 0) is 6.54 Å². The quantitative estimate of drug-likeness (QED) is 0.774. The van der Waals surface area contributed by atoms with Gasteiger partial charge < -0.3 is 14.9 Å². The van der Waals surface area contributed by atoms with E-state index in [1.54, 1.807) is 18.5 Å². The van der Waals surface area contributed by atoms with Gasteiger partial charge in [0.15, 0.2) is 5.75 Å². The summed E-state index contributed by atoms with van der Waals surface area (Å²) in [5.41, 5.74) is -0.715. The summed E-state index contributed by atoms with van der Waals surface area (Å²) in [4.78, 5) is 0. The van der Waals surface area contributed by atoms with Gasteiger partial charge in [-0.2, -0.15) is 5.10 Å². The molecule has 1 aromatic rings. The van der Waals surface area contributed by atoms with Crippen molar-refractivity contribution in [3.63, 3.8) is 0 Å². The molecule has 0 aliphatic rings. The Kier molecular flexibility index (Phi) is 3.36. The van der Waals surface area contributed by atoms with E-state index in [4.69, 9.17) is 4.74 Å². The van der Waals surface area contributed by atoms with Crippen LogP contribution in [0.1, 0.15) is 32.6 Å². The molecule has 1 heterocycles. The molecule has 5 nitrogen and oxygen atoms in total. The Hall–Kier alpha value is -1.07. The lowest BCUT2D eigenvalue weighted by Gasteiger charge is -2.25. The minimum absolute atomic E-state index is 0.492. The number of hydrogen-bond donors (Lipinski definition) is 2. The highest BCUT2D eigenvalue weighted by atomic mass is 16.5. The summed E-state index contributed by atoms with van der Waals surface area (Å²) in [7, 11) is 1.51. The zero-order valence-electron chi connectivity index (χ0n) is 9.56. The molecule has 2 N–H and O–H groups in total. The van der Waals surface area contributed by atoms with E-state index in [0.717, 1.165) is 0 Å². The second-order valence-corrected chi connectivity index (χ2v) is 3.97. The molecule has 0 amide bonds. The van der Waals surface area contributed by atoms with E-state index in [1.807, 2.05) is 6.92 Å². The van der Waals surface area contributed by atoms with Crippen molar-refractivity contribution < 1.29 is 14.9 Å². The Labute approximate surface area is 89.3 Å². The molecule has 0 saturated carbocycles. The van der Waals surface area contributed by atoms with Gasteiger partial charge in [0.05, 0.1) is 18.9 Å². The van der Waals surface area contributed by atoms with Crippen LogP contribution in [0.5, 0.6) is 5.75 Å². The molecular weight excluding hydrogens is 196 g/mol. The van der Waals surface area contributed by atoms with Gasteiger partial charge in [-0.1, -0.05) is 0 Å². The van der Waals surface area contributed by atoms with Crippen molar-refractivity contribution in [1.82, 2.24) is 9.78 Å². The van der Waals surface area contributed by atoms with E-state index in [9.17, 15) is 10.2 Å². The van der Waals surface area contributed by atoms with Gasteiger partial charge in [-0.25, -0.2) is 0 Å². The second kappa shape index (κ2) is 4.20. The van der Waals surface area contributed by atoms with Crippen LogP contribution in [0.3, 0.4) is 0 Å². The van der Waals surface area contributed by atoms with E-state index in [-0.39, 0.29) is 0 Å². The molecular formula is C10H18N2O3. The molecule has 0 saturated heterocycles. The first-order valence-electron chi connectivity index (χ1n) is 4.92. The van der Waals surface area contributed by atoms with Crippen LogP contribution in [-0.4, -0.2) is 32.7 Å². The normalized spacial score (nSPS) is 14.0. The average molecular weight is 214 g/mol. The summed E-state index contributed by atoms with van der Waals surface area (Å²) < 4.78 is 6.70. The highest BCUT2D eigenvalue weighted by Crippen LogP contribution is 2.31. The highest BCUT2D eigenvalue weighted by molar-refractivity contribution is 5.28. The van der Waals surface area contributed by atoms with Crippen LogP contribution in [0.2, 0.25) is 0 Å². The molecule has 0 spiro atoms. The predicted octanol–water partition coefficient (Wildman–Crippen LogP) is 0.716. The van der Waals surface area contributed by atoms with Gasteiger partial charge in [0, 0.05) is 6.54 Å². The van der Waals surface area contributed by atoms with Crippen LogP contribution in [0.15, 0.2) is 6.20 Å². The van der Waals surface area contributed by atoms with Crippen LogP contribution in [0.25, 0.3) is 0 Å². The molecule has 0 aliphatic heterocycles. The smallest absolute Gasteiger partial charge is 0.162 e. The zero-order valence-corrected chi connectivity index (χ0v) is 9.56. The fourth-order valence-corrected chi connectivity index (χ4v) is 1.40. The number of ether oxygens (including phenoxy) is 1. The minimum atomic E-state index is -1.22. The van der Waals surface area contributed by atoms with Gasteiger partial charge in [0.2, 0.25) is 0 Å². The van der Waals surface area contributed by atoms with Crippen LogP contribution in [0, 0.1) is 0 Å². The first kappa shape index (κ1) is 12.0. The van der Waals surface area contributed by atoms with Crippen molar-refractivity contribution in [1.29, 1.82) is 0 Å². The summed E-state index contributed by atoms with van der Waals surface area (Å²) in [6.45, 7) is 5.62. The number of aryl methyl sites for hydroxylation is 1. The van der Waals surface area contributed by atoms with E-state index in [2.05, 4.69) is 5.10 Å². The first-order valence-corrected chi connectivity index (χ1v) is 4.92. The molecule has 0 radical (unpaired) electrons.